The molecule has 0 aliphatic rings. The molecule has 0 unspecified atom stereocenters. The van der Waals surface area contributed by atoms with Gasteiger partial charge in [-0.15, -0.1) is 0 Å². The van der Waals surface area contributed by atoms with Crippen molar-refractivity contribution in [2.75, 3.05) is 6.61 Å². The fourth-order valence-electron chi connectivity index (χ4n) is 1.63. The Hall–Kier alpha value is -2.60. The molecular formula is C16H16N2O3S. The number of ether oxygens (including phenoxy) is 1. The Morgan fingerprint density at radius 3 is 2.41 bits per heavy atom. The van der Waals surface area contributed by atoms with Gasteiger partial charge in [-0.2, -0.15) is 13.5 Å². The van der Waals surface area contributed by atoms with E-state index < -0.39 is 10.0 Å². The first-order valence-corrected chi connectivity index (χ1v) is 8.04. The minimum atomic E-state index is -3.63. The average molecular weight is 316 g/mol. The van der Waals surface area contributed by atoms with E-state index in [0.29, 0.717) is 12.4 Å². The highest BCUT2D eigenvalue weighted by molar-refractivity contribution is 7.89. The second-order valence-corrected chi connectivity index (χ2v) is 6.00. The predicted octanol–water partition coefficient (Wildman–Crippen LogP) is 2.56. The maximum absolute atomic E-state index is 11.9. The third-order valence-corrected chi connectivity index (χ3v) is 3.93. The summed E-state index contributed by atoms with van der Waals surface area (Å²) in [4.78, 5) is 2.34. The molecule has 2 rings (SSSR count). The first-order valence-electron chi connectivity index (χ1n) is 6.55. The van der Waals surface area contributed by atoms with Crippen LogP contribution in [-0.2, 0) is 10.0 Å². The van der Waals surface area contributed by atoms with Crippen molar-refractivity contribution in [2.24, 2.45) is 5.10 Å². The van der Waals surface area contributed by atoms with Gasteiger partial charge in [-0.25, -0.2) is 4.83 Å². The van der Waals surface area contributed by atoms with Crippen molar-refractivity contribution in [1.82, 2.24) is 4.83 Å². The van der Waals surface area contributed by atoms with Gasteiger partial charge in [0.15, 0.2) is 0 Å². The van der Waals surface area contributed by atoms with Crippen molar-refractivity contribution >= 4 is 16.2 Å². The molecule has 22 heavy (non-hydrogen) atoms. The van der Waals surface area contributed by atoms with Crippen molar-refractivity contribution in [3.8, 4) is 5.75 Å². The zero-order valence-electron chi connectivity index (χ0n) is 11.8. The van der Waals surface area contributed by atoms with Gasteiger partial charge < -0.3 is 4.74 Å². The third-order valence-electron chi connectivity index (χ3n) is 2.69. The highest BCUT2D eigenvalue weighted by atomic mass is 32.2. The van der Waals surface area contributed by atoms with E-state index in [1.807, 2.05) is 0 Å². The Bertz CT molecular complexity index is 739. The SMILES string of the molecule is C=CCOc1ccc(/C=N/NS(=O)(=O)c2ccccc2)cc1. The molecule has 0 atom stereocenters. The minimum absolute atomic E-state index is 0.167. The molecule has 6 heteroatoms. The molecule has 2 aromatic rings. The van der Waals surface area contributed by atoms with Crippen LogP contribution in [0.2, 0.25) is 0 Å². The predicted molar refractivity (Wildman–Crippen MR) is 86.5 cm³/mol. The minimum Gasteiger partial charge on any atom is -0.490 e. The molecule has 2 aromatic carbocycles. The van der Waals surface area contributed by atoms with Crippen LogP contribution in [0.15, 0.2) is 77.2 Å². The van der Waals surface area contributed by atoms with Gasteiger partial charge in [0, 0.05) is 0 Å². The van der Waals surface area contributed by atoms with Gasteiger partial charge in [-0.3, -0.25) is 0 Å². The second kappa shape index (κ2) is 7.42. The molecule has 114 valence electrons. The molecule has 1 N–H and O–H groups in total. The summed E-state index contributed by atoms with van der Waals surface area (Å²) in [7, 11) is -3.63. The van der Waals surface area contributed by atoms with Crippen LogP contribution in [0.3, 0.4) is 0 Å². The van der Waals surface area contributed by atoms with Gasteiger partial charge in [0.1, 0.15) is 12.4 Å². The van der Waals surface area contributed by atoms with E-state index in [2.05, 4.69) is 16.5 Å². The van der Waals surface area contributed by atoms with Crippen molar-refractivity contribution in [2.45, 2.75) is 4.90 Å². The van der Waals surface area contributed by atoms with E-state index in [9.17, 15) is 8.42 Å². The molecule has 0 heterocycles. The molecule has 0 aliphatic heterocycles. The summed E-state index contributed by atoms with van der Waals surface area (Å²) < 4.78 is 29.2. The normalized spacial score (nSPS) is 11.3. The van der Waals surface area contributed by atoms with Crippen LogP contribution < -0.4 is 9.57 Å². The van der Waals surface area contributed by atoms with Crippen LogP contribution in [0.25, 0.3) is 0 Å². The monoisotopic (exact) mass is 316 g/mol. The lowest BCUT2D eigenvalue weighted by atomic mass is 10.2. The number of hydrogen-bond donors (Lipinski definition) is 1. The van der Waals surface area contributed by atoms with E-state index in [-0.39, 0.29) is 4.90 Å². The number of nitrogens with one attached hydrogen (secondary N) is 1. The van der Waals surface area contributed by atoms with E-state index >= 15 is 0 Å². The highest BCUT2D eigenvalue weighted by Crippen LogP contribution is 2.11. The topological polar surface area (TPSA) is 67.8 Å². The summed E-state index contributed by atoms with van der Waals surface area (Å²) >= 11 is 0. The fraction of sp³-hybridized carbons (Fsp3) is 0.0625. The molecular weight excluding hydrogens is 300 g/mol. The average Bonchev–Trinajstić information content (AvgIpc) is 2.55. The molecule has 0 aliphatic carbocycles. The highest BCUT2D eigenvalue weighted by Gasteiger charge is 2.10. The smallest absolute Gasteiger partial charge is 0.276 e. The molecule has 0 saturated heterocycles. The van der Waals surface area contributed by atoms with E-state index in [4.69, 9.17) is 4.74 Å². The Morgan fingerprint density at radius 2 is 1.77 bits per heavy atom. The first-order chi connectivity index (χ1) is 10.6. The standard InChI is InChI=1S/C16H16N2O3S/c1-2-12-21-15-10-8-14(9-11-15)13-17-18-22(19,20)16-6-4-3-5-7-16/h2-11,13,18H,1,12H2/b17-13+. The van der Waals surface area contributed by atoms with Crippen LogP contribution >= 0.6 is 0 Å². The van der Waals surface area contributed by atoms with Gasteiger partial charge in [-0.05, 0) is 42.0 Å². The second-order valence-electron chi connectivity index (χ2n) is 4.33. The number of sulfonamides is 1. The van der Waals surface area contributed by atoms with Crippen LogP contribution in [0.4, 0.5) is 0 Å². The molecule has 0 saturated carbocycles. The summed E-state index contributed by atoms with van der Waals surface area (Å²) in [6.07, 6.45) is 3.09. The lowest BCUT2D eigenvalue weighted by Crippen LogP contribution is -2.18. The molecule has 0 amide bonds. The van der Waals surface area contributed by atoms with Crippen LogP contribution in [-0.4, -0.2) is 21.2 Å². The fourth-order valence-corrected chi connectivity index (χ4v) is 2.44. The van der Waals surface area contributed by atoms with Gasteiger partial charge >= 0.3 is 0 Å². The number of benzene rings is 2. The summed E-state index contributed by atoms with van der Waals surface area (Å²) in [5.74, 6) is 0.710. The lowest BCUT2D eigenvalue weighted by molar-refractivity contribution is 0.363. The Labute approximate surface area is 130 Å². The zero-order chi connectivity index (χ0) is 15.8. The molecule has 0 fully saturated rings. The van der Waals surface area contributed by atoms with Crippen molar-refractivity contribution < 1.29 is 13.2 Å². The van der Waals surface area contributed by atoms with Crippen LogP contribution in [0.1, 0.15) is 5.56 Å². The number of hydrogen-bond acceptors (Lipinski definition) is 4. The molecule has 5 nitrogen and oxygen atoms in total. The van der Waals surface area contributed by atoms with Crippen molar-refractivity contribution in [3.63, 3.8) is 0 Å². The summed E-state index contributed by atoms with van der Waals surface area (Å²) in [5.41, 5.74) is 0.752. The van der Waals surface area contributed by atoms with Gasteiger partial charge in [0.25, 0.3) is 10.0 Å². The molecule has 0 bridgehead atoms. The van der Waals surface area contributed by atoms with E-state index in [1.54, 1.807) is 48.5 Å². The summed E-state index contributed by atoms with van der Waals surface area (Å²) in [6.45, 7) is 4.01. The quantitative estimate of drug-likeness (QED) is 0.485. The third kappa shape index (κ3) is 4.46. The summed E-state index contributed by atoms with van der Waals surface area (Å²) in [6, 6.07) is 15.2. The van der Waals surface area contributed by atoms with Crippen molar-refractivity contribution in [1.29, 1.82) is 0 Å². The van der Waals surface area contributed by atoms with Gasteiger partial charge in [0.2, 0.25) is 0 Å². The Balaban J connectivity index is 1.99. The molecule has 0 aromatic heterocycles. The summed E-state index contributed by atoms with van der Waals surface area (Å²) in [5, 5.41) is 3.76. The van der Waals surface area contributed by atoms with E-state index in [0.717, 1.165) is 5.56 Å². The van der Waals surface area contributed by atoms with Crippen LogP contribution in [0, 0.1) is 0 Å². The van der Waals surface area contributed by atoms with Crippen molar-refractivity contribution in [3.05, 3.63) is 72.8 Å². The zero-order valence-corrected chi connectivity index (χ0v) is 12.7. The van der Waals surface area contributed by atoms with Gasteiger partial charge in [0.05, 0.1) is 11.1 Å². The molecule has 0 radical (unpaired) electrons. The first kappa shape index (κ1) is 15.8. The molecule has 0 spiro atoms. The van der Waals surface area contributed by atoms with Crippen LogP contribution in [0.5, 0.6) is 5.75 Å². The number of nitrogens with zero attached hydrogens (tertiary/aromatic N) is 1. The van der Waals surface area contributed by atoms with E-state index in [1.165, 1.54) is 18.3 Å². The largest absolute Gasteiger partial charge is 0.490 e. The maximum Gasteiger partial charge on any atom is 0.276 e. The Kier molecular flexibility index (Phi) is 5.32. The maximum atomic E-state index is 11.9. The number of rotatable bonds is 7. The lowest BCUT2D eigenvalue weighted by Gasteiger charge is -2.03. The number of hydrazone groups is 1. The Morgan fingerprint density at radius 1 is 1.09 bits per heavy atom. The van der Waals surface area contributed by atoms with Gasteiger partial charge in [-0.1, -0.05) is 30.9 Å².